The number of anilines is 1. The molecule has 0 spiro atoms. The summed E-state index contributed by atoms with van der Waals surface area (Å²) in [7, 11) is 0. The zero-order valence-electron chi connectivity index (χ0n) is 14.8. The van der Waals surface area contributed by atoms with Crippen molar-refractivity contribution in [3.8, 4) is 0 Å². The summed E-state index contributed by atoms with van der Waals surface area (Å²) in [4.78, 5) is 32.6. The number of amides is 1. The van der Waals surface area contributed by atoms with E-state index in [1.54, 1.807) is 16.7 Å². The maximum Gasteiger partial charge on any atom is 0.261 e. The first kappa shape index (κ1) is 17.7. The number of fused-ring (bicyclic) bond motifs is 2. The third kappa shape index (κ3) is 3.47. The summed E-state index contributed by atoms with van der Waals surface area (Å²) in [6.45, 7) is 2.64. The average molecular weight is 383 g/mol. The van der Waals surface area contributed by atoms with E-state index in [1.165, 1.54) is 29.1 Å². The highest BCUT2D eigenvalue weighted by Crippen LogP contribution is 2.37. The van der Waals surface area contributed by atoms with E-state index >= 15 is 0 Å². The minimum Gasteiger partial charge on any atom is -0.310 e. The molecule has 0 N–H and O–H groups in total. The van der Waals surface area contributed by atoms with Crippen molar-refractivity contribution < 1.29 is 9.18 Å². The normalized spacial score (nSPS) is 16.8. The molecule has 3 aromatic rings. The van der Waals surface area contributed by atoms with Crippen molar-refractivity contribution in [1.82, 2.24) is 9.55 Å². The Hall–Kier alpha value is -2.67. The molecule has 0 unspecified atom stereocenters. The highest BCUT2D eigenvalue weighted by atomic mass is 32.2. The average Bonchev–Trinajstić information content (AvgIpc) is 2.82. The van der Waals surface area contributed by atoms with E-state index in [-0.39, 0.29) is 23.5 Å². The molecule has 0 saturated carbocycles. The molecule has 5 nitrogen and oxygen atoms in total. The summed E-state index contributed by atoms with van der Waals surface area (Å²) >= 11 is 1.76. The van der Waals surface area contributed by atoms with E-state index in [0.29, 0.717) is 17.2 Å². The first-order chi connectivity index (χ1) is 13.0. The molecule has 4 rings (SSSR count). The monoisotopic (exact) mass is 383 g/mol. The number of aromatic nitrogens is 2. The second-order valence-electron chi connectivity index (χ2n) is 6.57. The molecule has 0 fully saturated rings. The Morgan fingerprint density at radius 3 is 2.96 bits per heavy atom. The van der Waals surface area contributed by atoms with Gasteiger partial charge in [-0.2, -0.15) is 0 Å². The van der Waals surface area contributed by atoms with Crippen LogP contribution in [0.3, 0.4) is 0 Å². The summed E-state index contributed by atoms with van der Waals surface area (Å²) in [5.41, 5.74) is 0.814. The van der Waals surface area contributed by atoms with E-state index in [9.17, 15) is 14.0 Å². The Morgan fingerprint density at radius 2 is 2.11 bits per heavy atom. The third-order valence-corrected chi connectivity index (χ3v) is 5.87. The number of carbonyl (C=O) groups excluding carboxylic acids is 1. The molecule has 1 atom stereocenters. The standard InChI is InChI=1S/C20H18FN3O2S/c1-13-8-9-24(17-4-2-3-5-18(17)27-13)19(25)11-23-12-22-16-10-14(21)6-7-15(16)20(23)26/h2-7,10,12-13H,8-9,11H2,1H3/t13-/m1/s1. The van der Waals surface area contributed by atoms with Gasteiger partial charge in [0.05, 0.1) is 22.9 Å². The van der Waals surface area contributed by atoms with Gasteiger partial charge in [-0.05, 0) is 30.7 Å². The molecule has 0 radical (unpaired) electrons. The van der Waals surface area contributed by atoms with Crippen LogP contribution in [0.15, 0.2) is 58.5 Å². The molecule has 1 amide bonds. The van der Waals surface area contributed by atoms with Crippen LogP contribution < -0.4 is 10.5 Å². The van der Waals surface area contributed by atoms with Gasteiger partial charge >= 0.3 is 0 Å². The van der Waals surface area contributed by atoms with Crippen molar-refractivity contribution in [1.29, 1.82) is 0 Å². The number of carbonyl (C=O) groups is 1. The number of nitrogens with zero attached hydrogens (tertiary/aromatic N) is 3. The first-order valence-corrected chi connectivity index (χ1v) is 9.61. The summed E-state index contributed by atoms with van der Waals surface area (Å²) in [5, 5.41) is 0.705. The van der Waals surface area contributed by atoms with Crippen LogP contribution in [0.4, 0.5) is 10.1 Å². The van der Waals surface area contributed by atoms with Gasteiger partial charge in [-0.15, -0.1) is 11.8 Å². The maximum absolute atomic E-state index is 13.3. The fraction of sp³-hybridized carbons (Fsp3) is 0.250. The number of para-hydroxylation sites is 1. The fourth-order valence-electron chi connectivity index (χ4n) is 3.22. The summed E-state index contributed by atoms with van der Waals surface area (Å²) in [5.74, 6) is -0.612. The van der Waals surface area contributed by atoms with Crippen LogP contribution in [0.5, 0.6) is 0 Å². The highest BCUT2D eigenvalue weighted by molar-refractivity contribution is 8.00. The Balaban J connectivity index is 1.66. The zero-order valence-corrected chi connectivity index (χ0v) is 15.6. The largest absolute Gasteiger partial charge is 0.310 e. The number of thioether (sulfide) groups is 1. The summed E-state index contributed by atoms with van der Waals surface area (Å²) < 4.78 is 14.6. The van der Waals surface area contributed by atoms with Gasteiger partial charge < -0.3 is 4.90 Å². The molecule has 27 heavy (non-hydrogen) atoms. The van der Waals surface area contributed by atoms with Gasteiger partial charge in [0, 0.05) is 22.8 Å². The molecule has 1 aromatic heterocycles. The number of rotatable bonds is 2. The van der Waals surface area contributed by atoms with Crippen molar-refractivity contribution >= 4 is 34.3 Å². The van der Waals surface area contributed by atoms with E-state index in [2.05, 4.69) is 11.9 Å². The van der Waals surface area contributed by atoms with E-state index in [4.69, 9.17) is 0 Å². The molecule has 0 aliphatic carbocycles. The van der Waals surface area contributed by atoms with Gasteiger partial charge in [0.15, 0.2) is 0 Å². The SMILES string of the molecule is C[C@@H]1CCN(C(=O)Cn2cnc3cc(F)ccc3c2=O)c2ccccc2S1. The van der Waals surface area contributed by atoms with E-state index in [0.717, 1.165) is 17.0 Å². The molecule has 2 heterocycles. The zero-order chi connectivity index (χ0) is 19.0. The topological polar surface area (TPSA) is 55.2 Å². The lowest BCUT2D eigenvalue weighted by atomic mass is 10.2. The van der Waals surface area contributed by atoms with Crippen molar-refractivity contribution in [2.24, 2.45) is 0 Å². The van der Waals surface area contributed by atoms with Crippen LogP contribution in [-0.4, -0.2) is 27.3 Å². The van der Waals surface area contributed by atoms with Crippen molar-refractivity contribution in [3.63, 3.8) is 0 Å². The van der Waals surface area contributed by atoms with Crippen LogP contribution in [0.25, 0.3) is 10.9 Å². The predicted molar refractivity (Wildman–Crippen MR) is 105 cm³/mol. The van der Waals surface area contributed by atoms with Crippen LogP contribution in [-0.2, 0) is 11.3 Å². The van der Waals surface area contributed by atoms with E-state index < -0.39 is 5.82 Å². The Kier molecular flexibility index (Phi) is 4.70. The summed E-state index contributed by atoms with van der Waals surface area (Å²) in [6.07, 6.45) is 2.18. The molecular formula is C20H18FN3O2S. The molecule has 1 aliphatic heterocycles. The number of hydrogen-bond acceptors (Lipinski definition) is 4. The van der Waals surface area contributed by atoms with Crippen LogP contribution >= 0.6 is 11.8 Å². The predicted octanol–water partition coefficient (Wildman–Crippen LogP) is 3.45. The third-order valence-electron chi connectivity index (χ3n) is 4.64. The second-order valence-corrected chi connectivity index (χ2v) is 8.05. The number of halogens is 1. The first-order valence-electron chi connectivity index (χ1n) is 8.73. The summed E-state index contributed by atoms with van der Waals surface area (Å²) in [6, 6.07) is 11.7. The number of benzene rings is 2. The minimum atomic E-state index is -0.448. The van der Waals surface area contributed by atoms with Crippen molar-refractivity contribution in [2.75, 3.05) is 11.4 Å². The molecule has 2 aromatic carbocycles. The molecule has 0 bridgehead atoms. The second kappa shape index (κ2) is 7.15. The number of hydrogen-bond donors (Lipinski definition) is 0. The lowest BCUT2D eigenvalue weighted by molar-refractivity contribution is -0.119. The Morgan fingerprint density at radius 1 is 1.30 bits per heavy atom. The van der Waals surface area contributed by atoms with Gasteiger partial charge in [-0.1, -0.05) is 19.1 Å². The molecule has 7 heteroatoms. The van der Waals surface area contributed by atoms with Gasteiger partial charge in [-0.3, -0.25) is 14.2 Å². The fourth-order valence-corrected chi connectivity index (χ4v) is 4.33. The quantitative estimate of drug-likeness (QED) is 0.680. The van der Waals surface area contributed by atoms with Crippen LogP contribution in [0.2, 0.25) is 0 Å². The van der Waals surface area contributed by atoms with Crippen LogP contribution in [0, 0.1) is 5.82 Å². The van der Waals surface area contributed by atoms with E-state index in [1.807, 2.05) is 24.3 Å². The van der Waals surface area contributed by atoms with Gasteiger partial charge in [0.1, 0.15) is 12.4 Å². The molecule has 138 valence electrons. The van der Waals surface area contributed by atoms with Gasteiger partial charge in [-0.25, -0.2) is 9.37 Å². The van der Waals surface area contributed by atoms with Crippen molar-refractivity contribution in [2.45, 2.75) is 30.0 Å². The van der Waals surface area contributed by atoms with Crippen LogP contribution in [0.1, 0.15) is 13.3 Å². The maximum atomic E-state index is 13.3. The van der Waals surface area contributed by atoms with Gasteiger partial charge in [0.25, 0.3) is 5.56 Å². The Bertz CT molecular complexity index is 1080. The highest BCUT2D eigenvalue weighted by Gasteiger charge is 2.24. The Labute approximate surface area is 159 Å². The van der Waals surface area contributed by atoms with Crippen molar-refractivity contribution in [3.05, 3.63) is 65.0 Å². The molecular weight excluding hydrogens is 365 g/mol. The smallest absolute Gasteiger partial charge is 0.261 e. The molecule has 0 saturated heterocycles. The molecule has 1 aliphatic rings. The lowest BCUT2D eigenvalue weighted by Crippen LogP contribution is -2.37. The minimum absolute atomic E-state index is 0.105. The lowest BCUT2D eigenvalue weighted by Gasteiger charge is -2.23. The van der Waals surface area contributed by atoms with Gasteiger partial charge in [0.2, 0.25) is 5.91 Å².